The van der Waals surface area contributed by atoms with Gasteiger partial charge in [0.15, 0.2) is 10.9 Å². The summed E-state index contributed by atoms with van der Waals surface area (Å²) in [6.45, 7) is 0.597. The Morgan fingerprint density at radius 1 is 0.689 bits per heavy atom. The normalized spacial score (nSPS) is 11.9. The molecule has 8 rings (SSSR count). The molecule has 0 fully saturated rings. The Bertz CT molecular complexity index is 2650. The Hall–Kier alpha value is -4.34. The number of rotatable bonds is 5. The van der Waals surface area contributed by atoms with Gasteiger partial charge >= 0.3 is 0 Å². The zero-order valence-corrected chi connectivity index (χ0v) is 26.6. The van der Waals surface area contributed by atoms with Crippen LogP contribution in [0.15, 0.2) is 88.5 Å². The van der Waals surface area contributed by atoms with E-state index in [2.05, 4.69) is 10.3 Å². The van der Waals surface area contributed by atoms with Gasteiger partial charge in [-0.25, -0.2) is 9.97 Å². The SMILES string of the molecule is Nc1nc2ccccc2c2c(=O)c3ccc(CCCNc4nc5ccccc5c5c(=O)c6c(Cl)cccc6sc45)c(Cl)c3sc12. The lowest BCUT2D eigenvalue weighted by Crippen LogP contribution is -2.09. The number of anilines is 2. The first-order valence-corrected chi connectivity index (χ1v) is 16.7. The molecule has 0 bridgehead atoms. The fourth-order valence-electron chi connectivity index (χ4n) is 6.02. The van der Waals surface area contributed by atoms with Gasteiger partial charge in [-0.05, 0) is 48.7 Å². The fourth-order valence-corrected chi connectivity index (χ4v) is 9.05. The molecule has 220 valence electrons. The van der Waals surface area contributed by atoms with E-state index in [0.717, 1.165) is 37.7 Å². The summed E-state index contributed by atoms with van der Waals surface area (Å²) in [4.78, 5) is 36.8. The maximum Gasteiger partial charge on any atom is 0.198 e. The van der Waals surface area contributed by atoms with Gasteiger partial charge in [0, 0.05) is 27.4 Å². The number of hydrogen-bond acceptors (Lipinski definition) is 8. The molecule has 0 saturated carbocycles. The number of nitrogens with zero attached hydrogens (tertiary/aromatic N) is 2. The molecule has 0 amide bonds. The highest BCUT2D eigenvalue weighted by atomic mass is 35.5. The van der Waals surface area contributed by atoms with Gasteiger partial charge in [0.25, 0.3) is 0 Å². The molecule has 45 heavy (non-hydrogen) atoms. The number of aryl methyl sites for hydroxylation is 1. The lowest BCUT2D eigenvalue weighted by atomic mass is 10.1. The number of fused-ring (bicyclic) bond motifs is 8. The topological polar surface area (TPSA) is 98.0 Å². The van der Waals surface area contributed by atoms with Crippen molar-refractivity contribution in [2.24, 2.45) is 0 Å². The predicted octanol–water partition coefficient (Wildman–Crippen LogP) is 9.17. The Balaban J connectivity index is 1.13. The summed E-state index contributed by atoms with van der Waals surface area (Å²) in [5.74, 6) is 0.989. The smallest absolute Gasteiger partial charge is 0.198 e. The molecule has 0 aliphatic heterocycles. The van der Waals surface area contributed by atoms with E-state index in [4.69, 9.17) is 33.9 Å². The first-order chi connectivity index (χ1) is 21.9. The van der Waals surface area contributed by atoms with Gasteiger partial charge in [-0.2, -0.15) is 0 Å². The minimum absolute atomic E-state index is 0.0932. The molecule has 0 radical (unpaired) electrons. The number of hydrogen-bond donors (Lipinski definition) is 2. The molecule has 6 nitrogen and oxygen atoms in total. The van der Waals surface area contributed by atoms with E-state index >= 15 is 0 Å². The molecule has 0 aliphatic rings. The van der Waals surface area contributed by atoms with E-state index in [0.29, 0.717) is 71.1 Å². The average molecular weight is 666 g/mol. The fraction of sp³-hybridized carbons (Fsp3) is 0.0857. The molecule has 10 heteroatoms. The lowest BCUT2D eigenvalue weighted by Gasteiger charge is -2.13. The number of aromatic nitrogens is 2. The zero-order chi connectivity index (χ0) is 30.8. The summed E-state index contributed by atoms with van der Waals surface area (Å²) in [6.07, 6.45) is 1.42. The summed E-state index contributed by atoms with van der Waals surface area (Å²) >= 11 is 16.3. The van der Waals surface area contributed by atoms with Crippen LogP contribution in [0.3, 0.4) is 0 Å². The first-order valence-electron chi connectivity index (χ1n) is 14.3. The van der Waals surface area contributed by atoms with Crippen LogP contribution in [0.4, 0.5) is 11.6 Å². The molecule has 0 unspecified atom stereocenters. The lowest BCUT2D eigenvalue weighted by molar-refractivity contribution is 0.862. The van der Waals surface area contributed by atoms with Crippen molar-refractivity contribution >= 4 is 120 Å². The van der Waals surface area contributed by atoms with Crippen LogP contribution < -0.4 is 21.9 Å². The predicted molar refractivity (Wildman–Crippen MR) is 193 cm³/mol. The van der Waals surface area contributed by atoms with Crippen molar-refractivity contribution in [2.45, 2.75) is 12.8 Å². The van der Waals surface area contributed by atoms with Crippen LogP contribution in [0, 0.1) is 0 Å². The van der Waals surface area contributed by atoms with Crippen LogP contribution in [-0.2, 0) is 6.42 Å². The molecule has 0 spiro atoms. The van der Waals surface area contributed by atoms with Crippen LogP contribution >= 0.6 is 45.9 Å². The number of pyridine rings is 2. The van der Waals surface area contributed by atoms with Crippen LogP contribution in [0.2, 0.25) is 10.0 Å². The third-order valence-corrected chi connectivity index (χ3v) is 11.4. The molecule has 4 aromatic heterocycles. The van der Waals surface area contributed by atoms with E-state index in [9.17, 15) is 9.59 Å². The van der Waals surface area contributed by atoms with Gasteiger partial charge in [-0.1, -0.05) is 71.7 Å². The molecule has 3 N–H and O–H groups in total. The first kappa shape index (κ1) is 28.2. The molecule has 0 atom stereocenters. The Kier molecular flexibility index (Phi) is 6.84. The second-order valence-corrected chi connectivity index (χ2v) is 13.7. The highest BCUT2D eigenvalue weighted by Crippen LogP contribution is 2.38. The number of halogens is 2. The zero-order valence-electron chi connectivity index (χ0n) is 23.5. The van der Waals surface area contributed by atoms with E-state index < -0.39 is 0 Å². The van der Waals surface area contributed by atoms with Gasteiger partial charge in [0.2, 0.25) is 0 Å². The highest BCUT2D eigenvalue weighted by Gasteiger charge is 2.18. The second kappa shape index (κ2) is 10.9. The van der Waals surface area contributed by atoms with Crippen molar-refractivity contribution < 1.29 is 0 Å². The number of nitrogen functional groups attached to an aromatic ring is 1. The summed E-state index contributed by atoms with van der Waals surface area (Å²) in [5.41, 5.74) is 8.51. The largest absolute Gasteiger partial charge is 0.382 e. The summed E-state index contributed by atoms with van der Waals surface area (Å²) in [7, 11) is 0. The maximum atomic E-state index is 13.7. The van der Waals surface area contributed by atoms with Crippen molar-refractivity contribution in [1.29, 1.82) is 0 Å². The maximum absolute atomic E-state index is 13.7. The van der Waals surface area contributed by atoms with Crippen molar-refractivity contribution in [3.63, 3.8) is 0 Å². The van der Waals surface area contributed by atoms with E-state index in [-0.39, 0.29) is 10.9 Å². The Labute approximate surface area is 273 Å². The van der Waals surface area contributed by atoms with Gasteiger partial charge in [0.1, 0.15) is 11.6 Å². The number of nitrogens with two attached hydrogens (primary N) is 1. The summed E-state index contributed by atoms with van der Waals surface area (Å²) < 4.78 is 2.97. The van der Waals surface area contributed by atoms with Crippen molar-refractivity contribution in [3.8, 4) is 0 Å². The van der Waals surface area contributed by atoms with Crippen LogP contribution in [-0.4, -0.2) is 16.5 Å². The van der Waals surface area contributed by atoms with E-state index in [1.54, 1.807) is 6.07 Å². The van der Waals surface area contributed by atoms with Crippen LogP contribution in [0.25, 0.3) is 62.2 Å². The quantitative estimate of drug-likeness (QED) is 0.108. The number of benzene rings is 4. The van der Waals surface area contributed by atoms with E-state index in [1.807, 2.05) is 72.8 Å². The Morgan fingerprint density at radius 2 is 1.40 bits per heavy atom. The highest BCUT2D eigenvalue weighted by molar-refractivity contribution is 7.26. The Morgan fingerprint density at radius 3 is 2.18 bits per heavy atom. The third-order valence-electron chi connectivity index (χ3n) is 8.13. The van der Waals surface area contributed by atoms with Crippen molar-refractivity contribution in [1.82, 2.24) is 9.97 Å². The average Bonchev–Trinajstić information content (AvgIpc) is 3.04. The van der Waals surface area contributed by atoms with Gasteiger partial charge < -0.3 is 11.1 Å². The minimum atomic E-state index is -0.0961. The van der Waals surface area contributed by atoms with Crippen LogP contribution in [0.1, 0.15) is 12.0 Å². The number of para-hydroxylation sites is 2. The summed E-state index contributed by atoms with van der Waals surface area (Å²) in [6, 6.07) is 24.5. The number of nitrogens with one attached hydrogen (secondary N) is 1. The third kappa shape index (κ3) is 4.51. The molecular formula is C35H22Cl2N4O2S2. The molecule has 4 aromatic carbocycles. The monoisotopic (exact) mass is 664 g/mol. The van der Waals surface area contributed by atoms with Gasteiger partial charge in [-0.3, -0.25) is 9.59 Å². The molecule has 0 saturated heterocycles. The van der Waals surface area contributed by atoms with Crippen LogP contribution in [0.5, 0.6) is 0 Å². The molecule has 0 aliphatic carbocycles. The van der Waals surface area contributed by atoms with Crippen molar-refractivity contribution in [3.05, 3.63) is 115 Å². The van der Waals surface area contributed by atoms with E-state index in [1.165, 1.54) is 22.7 Å². The second-order valence-electron chi connectivity index (χ2n) is 10.8. The van der Waals surface area contributed by atoms with Gasteiger partial charge in [-0.15, -0.1) is 22.7 Å². The molecular weight excluding hydrogens is 643 g/mol. The van der Waals surface area contributed by atoms with Gasteiger partial charge in [0.05, 0.1) is 51.3 Å². The molecule has 4 heterocycles. The minimum Gasteiger partial charge on any atom is -0.382 e. The standard InChI is InChI=1S/C35H22Cl2N4O2S2/c36-21-10-5-13-24-27(21)30(43)26-19-9-2-4-12-23(19)41-35(33(26)44-24)39-16-6-7-17-14-15-20-29(42)25-18-8-1-3-11-22(18)40-34(38)32(25)45-31(20)28(17)37/h1-5,8-15H,6-7,16H2,(H2,38,40)(H,39,41). The van der Waals surface area contributed by atoms with Crippen molar-refractivity contribution in [2.75, 3.05) is 17.6 Å². The molecule has 8 aromatic rings. The summed E-state index contributed by atoms with van der Waals surface area (Å²) in [5, 5.41) is 8.38.